The Kier molecular flexibility index (Phi) is 3.69. The van der Waals surface area contributed by atoms with Crippen LogP contribution in [-0.2, 0) is 0 Å². The lowest BCUT2D eigenvalue weighted by atomic mass is 10.2. The summed E-state index contributed by atoms with van der Waals surface area (Å²) >= 11 is 11.8. The molecule has 1 aliphatic heterocycles. The summed E-state index contributed by atoms with van der Waals surface area (Å²) in [6, 6.07) is 5.06. The van der Waals surface area contributed by atoms with Gasteiger partial charge in [0.1, 0.15) is 0 Å². The molecule has 2 N–H and O–H groups in total. The molecule has 1 aromatic rings. The molecule has 0 saturated carbocycles. The number of nitrogens with one attached hydrogen (secondary N) is 2. The van der Waals surface area contributed by atoms with Gasteiger partial charge in [-0.05, 0) is 31.2 Å². The summed E-state index contributed by atoms with van der Waals surface area (Å²) in [5.74, 6) is -0.166. The third-order valence-electron chi connectivity index (χ3n) is 2.57. The summed E-state index contributed by atoms with van der Waals surface area (Å²) < 4.78 is 0. The first-order valence-corrected chi connectivity index (χ1v) is 5.89. The van der Waals surface area contributed by atoms with Crippen molar-refractivity contribution in [3.63, 3.8) is 0 Å². The highest BCUT2D eigenvalue weighted by Crippen LogP contribution is 2.20. The Balaban J connectivity index is 2.10. The second kappa shape index (κ2) is 5.04. The van der Waals surface area contributed by atoms with Gasteiger partial charge in [0, 0.05) is 17.6 Å². The van der Waals surface area contributed by atoms with Crippen molar-refractivity contribution in [2.24, 2.45) is 0 Å². The SMILES string of the molecule is O=C(N[C@@H]1CCNC1)c1cc(Cl)ccc1Cl. The lowest BCUT2D eigenvalue weighted by Crippen LogP contribution is -2.36. The van der Waals surface area contributed by atoms with Crippen LogP contribution >= 0.6 is 23.2 Å². The number of halogens is 2. The molecule has 0 unspecified atom stereocenters. The van der Waals surface area contributed by atoms with Gasteiger partial charge in [0.2, 0.25) is 0 Å². The van der Waals surface area contributed by atoms with Gasteiger partial charge in [-0.1, -0.05) is 23.2 Å². The van der Waals surface area contributed by atoms with E-state index in [1.54, 1.807) is 18.2 Å². The van der Waals surface area contributed by atoms with E-state index in [0.29, 0.717) is 15.6 Å². The number of benzene rings is 1. The predicted octanol–water partition coefficient (Wildman–Crippen LogP) is 2.09. The third kappa shape index (κ3) is 2.67. The van der Waals surface area contributed by atoms with Crippen LogP contribution in [-0.4, -0.2) is 25.0 Å². The minimum atomic E-state index is -0.166. The maximum absolute atomic E-state index is 11.9. The minimum absolute atomic E-state index is 0.166. The largest absolute Gasteiger partial charge is 0.348 e. The molecule has 0 aliphatic carbocycles. The van der Waals surface area contributed by atoms with Gasteiger partial charge in [0.25, 0.3) is 5.91 Å². The topological polar surface area (TPSA) is 41.1 Å². The summed E-state index contributed by atoms with van der Waals surface area (Å²) in [4.78, 5) is 11.9. The van der Waals surface area contributed by atoms with E-state index in [1.165, 1.54) is 0 Å². The van der Waals surface area contributed by atoms with Gasteiger partial charge < -0.3 is 10.6 Å². The van der Waals surface area contributed by atoms with Gasteiger partial charge in [-0.25, -0.2) is 0 Å². The highest BCUT2D eigenvalue weighted by Gasteiger charge is 2.19. The molecule has 2 rings (SSSR count). The highest BCUT2D eigenvalue weighted by atomic mass is 35.5. The maximum atomic E-state index is 11.9. The molecule has 86 valence electrons. The fourth-order valence-electron chi connectivity index (χ4n) is 1.71. The highest BCUT2D eigenvalue weighted by molar-refractivity contribution is 6.35. The Morgan fingerprint density at radius 3 is 2.94 bits per heavy atom. The zero-order chi connectivity index (χ0) is 11.5. The van der Waals surface area contributed by atoms with Crippen molar-refractivity contribution >= 4 is 29.1 Å². The monoisotopic (exact) mass is 258 g/mol. The molecule has 1 saturated heterocycles. The van der Waals surface area contributed by atoms with Crippen LogP contribution in [0.4, 0.5) is 0 Å². The Morgan fingerprint density at radius 1 is 1.44 bits per heavy atom. The molecule has 3 nitrogen and oxygen atoms in total. The first-order chi connectivity index (χ1) is 7.66. The molecule has 1 aromatic carbocycles. The van der Waals surface area contributed by atoms with Gasteiger partial charge in [-0.2, -0.15) is 0 Å². The van der Waals surface area contributed by atoms with Crippen molar-refractivity contribution in [1.29, 1.82) is 0 Å². The van der Waals surface area contributed by atoms with Crippen molar-refractivity contribution in [2.45, 2.75) is 12.5 Å². The predicted molar refractivity (Wildman–Crippen MR) is 65.2 cm³/mol. The molecule has 1 amide bonds. The van der Waals surface area contributed by atoms with Crippen LogP contribution in [0.2, 0.25) is 10.0 Å². The molecular formula is C11H12Cl2N2O. The number of amides is 1. The fourth-order valence-corrected chi connectivity index (χ4v) is 2.09. The molecule has 1 fully saturated rings. The molecule has 16 heavy (non-hydrogen) atoms. The molecule has 0 bridgehead atoms. The fraction of sp³-hybridized carbons (Fsp3) is 0.364. The van der Waals surface area contributed by atoms with Crippen LogP contribution in [0.25, 0.3) is 0 Å². The van der Waals surface area contributed by atoms with Gasteiger partial charge in [-0.15, -0.1) is 0 Å². The molecule has 1 heterocycles. The molecule has 0 radical (unpaired) electrons. The number of carbonyl (C=O) groups excluding carboxylic acids is 1. The molecule has 0 spiro atoms. The van der Waals surface area contributed by atoms with E-state index in [0.717, 1.165) is 19.5 Å². The quantitative estimate of drug-likeness (QED) is 0.853. The van der Waals surface area contributed by atoms with Crippen molar-refractivity contribution in [3.8, 4) is 0 Å². The van der Waals surface area contributed by atoms with E-state index in [9.17, 15) is 4.79 Å². The van der Waals surface area contributed by atoms with Crippen LogP contribution in [0, 0.1) is 0 Å². The van der Waals surface area contributed by atoms with Crippen molar-refractivity contribution in [2.75, 3.05) is 13.1 Å². The first-order valence-electron chi connectivity index (χ1n) is 5.13. The standard InChI is InChI=1S/C11H12Cl2N2O/c12-7-1-2-10(13)9(5-7)11(16)15-8-3-4-14-6-8/h1-2,5,8,14H,3-4,6H2,(H,15,16)/t8-/m1/s1. The summed E-state index contributed by atoms with van der Waals surface area (Å²) in [6.07, 6.45) is 0.948. The van der Waals surface area contributed by atoms with E-state index in [1.807, 2.05) is 0 Å². The minimum Gasteiger partial charge on any atom is -0.348 e. The first kappa shape index (κ1) is 11.7. The lowest BCUT2D eigenvalue weighted by molar-refractivity contribution is 0.0940. The third-order valence-corrected chi connectivity index (χ3v) is 3.13. The van der Waals surface area contributed by atoms with Crippen molar-refractivity contribution < 1.29 is 4.79 Å². The lowest BCUT2D eigenvalue weighted by Gasteiger charge is -2.12. The van der Waals surface area contributed by atoms with E-state index in [2.05, 4.69) is 10.6 Å². The summed E-state index contributed by atoms with van der Waals surface area (Å²) in [5, 5.41) is 7.04. The maximum Gasteiger partial charge on any atom is 0.253 e. The molecule has 0 aromatic heterocycles. The number of hydrogen-bond donors (Lipinski definition) is 2. The Bertz CT molecular complexity index is 403. The van der Waals surface area contributed by atoms with Gasteiger partial charge in [0.15, 0.2) is 0 Å². The molecule has 5 heteroatoms. The van der Waals surface area contributed by atoms with E-state index in [4.69, 9.17) is 23.2 Å². The Labute approximate surface area is 104 Å². The number of carbonyl (C=O) groups is 1. The summed E-state index contributed by atoms with van der Waals surface area (Å²) in [6.45, 7) is 1.75. The average Bonchev–Trinajstić information content (AvgIpc) is 2.74. The van der Waals surface area contributed by atoms with Crippen LogP contribution in [0.1, 0.15) is 16.8 Å². The smallest absolute Gasteiger partial charge is 0.253 e. The van der Waals surface area contributed by atoms with Crippen LogP contribution in [0.3, 0.4) is 0 Å². The zero-order valence-electron chi connectivity index (χ0n) is 8.59. The number of rotatable bonds is 2. The van der Waals surface area contributed by atoms with Crippen molar-refractivity contribution in [3.05, 3.63) is 33.8 Å². The second-order valence-electron chi connectivity index (χ2n) is 3.79. The normalized spacial score (nSPS) is 19.8. The Morgan fingerprint density at radius 2 is 2.25 bits per heavy atom. The Hall–Kier alpha value is -0.770. The molecular weight excluding hydrogens is 247 g/mol. The van der Waals surface area contributed by atoms with Crippen LogP contribution in [0.5, 0.6) is 0 Å². The molecule has 1 atom stereocenters. The van der Waals surface area contributed by atoms with E-state index >= 15 is 0 Å². The van der Waals surface area contributed by atoms with E-state index < -0.39 is 0 Å². The molecule has 1 aliphatic rings. The van der Waals surface area contributed by atoms with Gasteiger partial charge in [0.05, 0.1) is 10.6 Å². The zero-order valence-corrected chi connectivity index (χ0v) is 10.1. The van der Waals surface area contributed by atoms with Gasteiger partial charge in [-0.3, -0.25) is 4.79 Å². The van der Waals surface area contributed by atoms with Crippen molar-refractivity contribution in [1.82, 2.24) is 10.6 Å². The van der Waals surface area contributed by atoms with Gasteiger partial charge >= 0.3 is 0 Å². The second-order valence-corrected chi connectivity index (χ2v) is 4.63. The van der Waals surface area contributed by atoms with E-state index in [-0.39, 0.29) is 11.9 Å². The summed E-state index contributed by atoms with van der Waals surface area (Å²) in [7, 11) is 0. The van der Waals surface area contributed by atoms with Crippen LogP contribution < -0.4 is 10.6 Å². The van der Waals surface area contributed by atoms with Crippen LogP contribution in [0.15, 0.2) is 18.2 Å². The average molecular weight is 259 g/mol. The number of hydrogen-bond acceptors (Lipinski definition) is 2. The summed E-state index contributed by atoms with van der Waals surface area (Å²) in [5.41, 5.74) is 0.432.